The zero-order valence-electron chi connectivity index (χ0n) is 15.1. The number of esters is 2. The molecule has 0 aliphatic heterocycles. The first kappa shape index (κ1) is 20.3. The van der Waals surface area contributed by atoms with Crippen LogP contribution in [-0.2, 0) is 37.1 Å². The second-order valence-corrected chi connectivity index (χ2v) is 6.30. The number of carbonyl (C=O) groups is 3. The lowest BCUT2D eigenvalue weighted by Gasteiger charge is -2.24. The van der Waals surface area contributed by atoms with Gasteiger partial charge < -0.3 is 14.6 Å². The molecule has 6 heteroatoms. The van der Waals surface area contributed by atoms with Gasteiger partial charge in [-0.15, -0.1) is 0 Å². The number of rotatable bonds is 9. The van der Waals surface area contributed by atoms with Gasteiger partial charge >= 0.3 is 11.9 Å². The Morgan fingerprint density at radius 2 is 1.30 bits per heavy atom. The lowest BCUT2D eigenvalue weighted by molar-refractivity contribution is -0.175. The molecular formula is C21H22O6. The molecule has 0 radical (unpaired) electrons. The molecule has 1 N–H and O–H groups in total. The molecule has 0 fully saturated rings. The predicted molar refractivity (Wildman–Crippen MR) is 97.3 cm³/mol. The van der Waals surface area contributed by atoms with Crippen LogP contribution in [0, 0.1) is 0 Å². The van der Waals surface area contributed by atoms with Crippen LogP contribution in [0.4, 0.5) is 0 Å². The van der Waals surface area contributed by atoms with Crippen molar-refractivity contribution in [3.05, 3.63) is 71.8 Å². The van der Waals surface area contributed by atoms with Crippen LogP contribution >= 0.6 is 0 Å². The smallest absolute Gasteiger partial charge is 0.339 e. The Morgan fingerprint density at radius 1 is 0.815 bits per heavy atom. The van der Waals surface area contributed by atoms with Gasteiger partial charge in [-0.1, -0.05) is 60.7 Å². The quantitative estimate of drug-likeness (QED) is 0.683. The van der Waals surface area contributed by atoms with Gasteiger partial charge in [-0.3, -0.25) is 9.59 Å². The van der Waals surface area contributed by atoms with E-state index >= 15 is 0 Å². The van der Waals surface area contributed by atoms with Gasteiger partial charge in [0.1, 0.15) is 19.0 Å². The predicted octanol–water partition coefficient (Wildman–Crippen LogP) is 2.57. The Balaban J connectivity index is 1.97. The summed E-state index contributed by atoms with van der Waals surface area (Å²) < 4.78 is 10.2. The van der Waals surface area contributed by atoms with Crippen LogP contribution in [0.2, 0.25) is 0 Å². The standard InChI is InChI=1S/C21H22O6/c1-16(22)12-21(25,20(24)27-15-18-10-6-3-7-11-18)13-19(23)26-14-17-8-4-2-5-9-17/h2-11,25H,12-15H2,1H3. The molecule has 27 heavy (non-hydrogen) atoms. The zero-order valence-corrected chi connectivity index (χ0v) is 15.1. The minimum atomic E-state index is -2.26. The van der Waals surface area contributed by atoms with Gasteiger partial charge in [0.25, 0.3) is 0 Å². The van der Waals surface area contributed by atoms with Gasteiger partial charge in [-0.25, -0.2) is 4.79 Å². The summed E-state index contributed by atoms with van der Waals surface area (Å²) in [5.74, 6) is -2.26. The SMILES string of the molecule is CC(=O)CC(O)(CC(=O)OCc1ccccc1)C(=O)OCc1ccccc1. The van der Waals surface area contributed by atoms with Crippen molar-refractivity contribution in [2.75, 3.05) is 0 Å². The van der Waals surface area contributed by atoms with Crippen molar-refractivity contribution in [3.8, 4) is 0 Å². The number of Topliss-reactive ketones (excluding diaryl/α,β-unsaturated/α-hetero) is 1. The Bertz CT molecular complexity index is 772. The average molecular weight is 370 g/mol. The van der Waals surface area contributed by atoms with E-state index in [2.05, 4.69) is 0 Å². The fraction of sp³-hybridized carbons (Fsp3) is 0.286. The fourth-order valence-corrected chi connectivity index (χ4v) is 2.50. The number of benzene rings is 2. The first-order valence-electron chi connectivity index (χ1n) is 8.51. The Kier molecular flexibility index (Phi) is 7.25. The number of hydrogen-bond donors (Lipinski definition) is 1. The largest absolute Gasteiger partial charge is 0.461 e. The van der Waals surface area contributed by atoms with Gasteiger partial charge in [0.15, 0.2) is 5.60 Å². The van der Waals surface area contributed by atoms with Crippen molar-refractivity contribution in [1.29, 1.82) is 0 Å². The molecule has 1 atom stereocenters. The third-order valence-corrected chi connectivity index (χ3v) is 3.81. The molecule has 0 saturated heterocycles. The monoisotopic (exact) mass is 370 g/mol. The van der Waals surface area contributed by atoms with Crippen LogP contribution in [0.25, 0.3) is 0 Å². The Morgan fingerprint density at radius 3 is 1.78 bits per heavy atom. The molecule has 0 amide bonds. The first-order valence-corrected chi connectivity index (χ1v) is 8.51. The maximum atomic E-state index is 12.4. The molecule has 2 aromatic rings. The van der Waals surface area contributed by atoms with Crippen molar-refractivity contribution in [1.82, 2.24) is 0 Å². The lowest BCUT2D eigenvalue weighted by Crippen LogP contribution is -2.44. The minimum absolute atomic E-state index is 0.00882. The van der Waals surface area contributed by atoms with Crippen molar-refractivity contribution in [2.45, 2.75) is 38.6 Å². The number of ketones is 1. The molecule has 0 bridgehead atoms. The molecule has 0 spiro atoms. The van der Waals surface area contributed by atoms with E-state index in [9.17, 15) is 19.5 Å². The summed E-state index contributed by atoms with van der Waals surface area (Å²) in [5, 5.41) is 10.6. The molecule has 6 nitrogen and oxygen atoms in total. The second kappa shape index (κ2) is 9.64. The molecular weight excluding hydrogens is 348 g/mol. The van der Waals surface area contributed by atoms with E-state index in [0.717, 1.165) is 11.1 Å². The first-order chi connectivity index (χ1) is 12.9. The van der Waals surface area contributed by atoms with E-state index in [4.69, 9.17) is 9.47 Å². The van der Waals surface area contributed by atoms with Crippen LogP contribution in [0.5, 0.6) is 0 Å². The topological polar surface area (TPSA) is 89.9 Å². The van der Waals surface area contributed by atoms with Gasteiger partial charge in [0.05, 0.1) is 6.42 Å². The Labute approximate surface area is 157 Å². The number of aliphatic hydroxyl groups is 1. The number of ether oxygens (including phenoxy) is 2. The molecule has 0 saturated carbocycles. The van der Waals surface area contributed by atoms with Crippen LogP contribution in [0.15, 0.2) is 60.7 Å². The molecule has 0 aliphatic rings. The average Bonchev–Trinajstić information content (AvgIpc) is 2.65. The van der Waals surface area contributed by atoms with E-state index < -0.39 is 36.2 Å². The summed E-state index contributed by atoms with van der Waals surface area (Å²) in [6.07, 6.45) is -1.19. The molecule has 0 aliphatic carbocycles. The van der Waals surface area contributed by atoms with E-state index in [1.54, 1.807) is 48.5 Å². The molecule has 0 aromatic heterocycles. The highest BCUT2D eigenvalue weighted by molar-refractivity contribution is 5.91. The van der Waals surface area contributed by atoms with Crippen LogP contribution < -0.4 is 0 Å². The van der Waals surface area contributed by atoms with Crippen molar-refractivity contribution < 1.29 is 29.0 Å². The van der Waals surface area contributed by atoms with E-state index in [0.29, 0.717) is 0 Å². The highest BCUT2D eigenvalue weighted by Gasteiger charge is 2.41. The minimum Gasteiger partial charge on any atom is -0.461 e. The summed E-state index contributed by atoms with van der Waals surface area (Å²) in [5.41, 5.74) is -0.760. The van der Waals surface area contributed by atoms with Gasteiger partial charge in [0.2, 0.25) is 0 Å². The summed E-state index contributed by atoms with van der Waals surface area (Å²) >= 11 is 0. The summed E-state index contributed by atoms with van der Waals surface area (Å²) in [4.78, 5) is 35.9. The van der Waals surface area contributed by atoms with Gasteiger partial charge in [0, 0.05) is 6.42 Å². The summed E-state index contributed by atoms with van der Waals surface area (Å²) in [7, 11) is 0. The van der Waals surface area contributed by atoms with Crippen molar-refractivity contribution in [2.24, 2.45) is 0 Å². The normalized spacial score (nSPS) is 12.7. The molecule has 0 heterocycles. The Hall–Kier alpha value is -2.99. The molecule has 2 rings (SSSR count). The van der Waals surface area contributed by atoms with E-state index in [1.807, 2.05) is 12.1 Å². The maximum Gasteiger partial charge on any atom is 0.339 e. The third kappa shape index (κ3) is 6.67. The van der Waals surface area contributed by atoms with Gasteiger partial charge in [-0.2, -0.15) is 0 Å². The highest BCUT2D eigenvalue weighted by Crippen LogP contribution is 2.20. The lowest BCUT2D eigenvalue weighted by atomic mass is 9.93. The van der Waals surface area contributed by atoms with Crippen LogP contribution in [-0.4, -0.2) is 28.4 Å². The van der Waals surface area contributed by atoms with Gasteiger partial charge in [-0.05, 0) is 18.1 Å². The number of hydrogen-bond acceptors (Lipinski definition) is 6. The summed E-state index contributed by atoms with van der Waals surface area (Å²) in [6, 6.07) is 17.9. The zero-order chi connectivity index (χ0) is 19.7. The second-order valence-electron chi connectivity index (χ2n) is 6.30. The highest BCUT2D eigenvalue weighted by atomic mass is 16.6. The maximum absolute atomic E-state index is 12.4. The molecule has 142 valence electrons. The van der Waals surface area contributed by atoms with E-state index in [1.165, 1.54) is 6.92 Å². The van der Waals surface area contributed by atoms with E-state index in [-0.39, 0.29) is 13.2 Å². The fourth-order valence-electron chi connectivity index (χ4n) is 2.50. The molecule has 2 aromatic carbocycles. The summed E-state index contributed by atoms with van der Waals surface area (Å²) in [6.45, 7) is 1.17. The van der Waals surface area contributed by atoms with Crippen molar-refractivity contribution in [3.63, 3.8) is 0 Å². The van der Waals surface area contributed by atoms with Crippen molar-refractivity contribution >= 4 is 17.7 Å². The van der Waals surface area contributed by atoms with Crippen LogP contribution in [0.1, 0.15) is 30.9 Å². The third-order valence-electron chi connectivity index (χ3n) is 3.81. The molecule has 1 unspecified atom stereocenters. The number of carbonyl (C=O) groups excluding carboxylic acids is 3. The van der Waals surface area contributed by atoms with Crippen LogP contribution in [0.3, 0.4) is 0 Å².